The van der Waals surface area contributed by atoms with Gasteiger partial charge in [0, 0.05) is 37.1 Å². The fourth-order valence-electron chi connectivity index (χ4n) is 2.92. The summed E-state index contributed by atoms with van der Waals surface area (Å²) in [7, 11) is 0. The number of nitrogens with one attached hydrogen (secondary N) is 2. The minimum atomic E-state index is -0.166. The standard InChI is InChI=1S/C16H24N6OS/c1-3-21-11-19-20-15(21)9-18-16(23)17-8-12(2)22-6-4-14-13(10-22)5-7-24-14/h5,7,11-12H,3-4,6,8-10H2,1-2H3,(H2,17,18,23)/t12-/m0/s1. The summed E-state index contributed by atoms with van der Waals surface area (Å²) in [4.78, 5) is 15.9. The molecular formula is C16H24N6OS. The van der Waals surface area contributed by atoms with Crippen LogP contribution in [0.4, 0.5) is 4.79 Å². The Morgan fingerprint density at radius 2 is 2.33 bits per heavy atom. The van der Waals surface area contributed by atoms with Gasteiger partial charge >= 0.3 is 6.03 Å². The van der Waals surface area contributed by atoms with E-state index in [4.69, 9.17) is 0 Å². The van der Waals surface area contributed by atoms with E-state index >= 15 is 0 Å². The molecule has 7 nitrogen and oxygen atoms in total. The minimum absolute atomic E-state index is 0.166. The van der Waals surface area contributed by atoms with Crippen molar-refractivity contribution in [3.63, 3.8) is 0 Å². The van der Waals surface area contributed by atoms with E-state index in [1.165, 1.54) is 10.4 Å². The summed E-state index contributed by atoms with van der Waals surface area (Å²) >= 11 is 1.85. The molecular weight excluding hydrogens is 324 g/mol. The molecule has 0 radical (unpaired) electrons. The number of thiophene rings is 1. The number of aryl methyl sites for hydroxylation is 1. The lowest BCUT2D eigenvalue weighted by atomic mass is 10.1. The van der Waals surface area contributed by atoms with Gasteiger partial charge in [0.25, 0.3) is 0 Å². The Balaban J connectivity index is 1.41. The molecule has 0 saturated heterocycles. The van der Waals surface area contributed by atoms with Crippen molar-refractivity contribution in [2.75, 3.05) is 13.1 Å². The Kier molecular flexibility index (Phi) is 5.47. The van der Waals surface area contributed by atoms with Crippen LogP contribution in [-0.2, 0) is 26.1 Å². The molecule has 3 heterocycles. The fraction of sp³-hybridized carbons (Fsp3) is 0.562. The van der Waals surface area contributed by atoms with Crippen molar-refractivity contribution in [1.29, 1.82) is 0 Å². The molecule has 1 aliphatic heterocycles. The van der Waals surface area contributed by atoms with Crippen molar-refractivity contribution >= 4 is 17.4 Å². The summed E-state index contributed by atoms with van der Waals surface area (Å²) in [5, 5.41) is 15.8. The molecule has 2 N–H and O–H groups in total. The van der Waals surface area contributed by atoms with Gasteiger partial charge in [-0.2, -0.15) is 0 Å². The molecule has 0 aromatic carbocycles. The van der Waals surface area contributed by atoms with Crippen LogP contribution >= 0.6 is 11.3 Å². The van der Waals surface area contributed by atoms with Crippen molar-refractivity contribution < 1.29 is 4.79 Å². The van der Waals surface area contributed by atoms with Crippen LogP contribution in [0.5, 0.6) is 0 Å². The molecule has 0 spiro atoms. The third-order valence-electron chi connectivity index (χ3n) is 4.46. The predicted octanol–water partition coefficient (Wildman–Crippen LogP) is 1.61. The van der Waals surface area contributed by atoms with E-state index in [0.717, 1.165) is 31.9 Å². The Bertz CT molecular complexity index is 682. The summed E-state index contributed by atoms with van der Waals surface area (Å²) in [6.07, 6.45) is 2.78. The van der Waals surface area contributed by atoms with Crippen molar-refractivity contribution in [2.24, 2.45) is 0 Å². The molecule has 1 aliphatic rings. The number of carbonyl (C=O) groups excluding carboxylic acids is 1. The Hall–Kier alpha value is -1.93. The highest BCUT2D eigenvalue weighted by Crippen LogP contribution is 2.24. The Morgan fingerprint density at radius 1 is 1.46 bits per heavy atom. The molecule has 3 rings (SSSR count). The first kappa shape index (κ1) is 16.9. The molecule has 0 bridgehead atoms. The van der Waals surface area contributed by atoms with E-state index in [1.807, 2.05) is 22.8 Å². The van der Waals surface area contributed by atoms with Crippen molar-refractivity contribution in [3.8, 4) is 0 Å². The molecule has 0 fully saturated rings. The van der Waals surface area contributed by atoms with Gasteiger partial charge in [0.15, 0.2) is 5.82 Å². The van der Waals surface area contributed by atoms with E-state index in [-0.39, 0.29) is 6.03 Å². The second-order valence-corrected chi connectivity index (χ2v) is 7.04. The van der Waals surface area contributed by atoms with Gasteiger partial charge in [-0.1, -0.05) is 0 Å². The number of fused-ring (bicyclic) bond motifs is 1. The van der Waals surface area contributed by atoms with Crippen LogP contribution in [0.25, 0.3) is 0 Å². The highest BCUT2D eigenvalue weighted by molar-refractivity contribution is 7.10. The van der Waals surface area contributed by atoms with Gasteiger partial charge < -0.3 is 15.2 Å². The van der Waals surface area contributed by atoms with Crippen LogP contribution in [0, 0.1) is 0 Å². The number of carbonyl (C=O) groups is 1. The zero-order valence-corrected chi connectivity index (χ0v) is 15.0. The predicted molar refractivity (Wildman–Crippen MR) is 93.8 cm³/mol. The fourth-order valence-corrected chi connectivity index (χ4v) is 3.81. The number of hydrogen-bond acceptors (Lipinski definition) is 5. The maximum absolute atomic E-state index is 12.0. The van der Waals surface area contributed by atoms with Crippen molar-refractivity contribution in [1.82, 2.24) is 30.3 Å². The number of aromatic nitrogens is 3. The molecule has 0 aliphatic carbocycles. The van der Waals surface area contributed by atoms with Crippen LogP contribution in [0.15, 0.2) is 17.8 Å². The lowest BCUT2D eigenvalue weighted by Crippen LogP contribution is -2.46. The first-order chi connectivity index (χ1) is 11.7. The van der Waals surface area contributed by atoms with Crippen LogP contribution in [0.2, 0.25) is 0 Å². The lowest BCUT2D eigenvalue weighted by Gasteiger charge is -2.32. The molecule has 2 aromatic rings. The van der Waals surface area contributed by atoms with Gasteiger partial charge in [0.1, 0.15) is 6.33 Å². The minimum Gasteiger partial charge on any atom is -0.337 e. The monoisotopic (exact) mass is 348 g/mol. The third kappa shape index (κ3) is 3.93. The van der Waals surface area contributed by atoms with Gasteiger partial charge in [0.2, 0.25) is 0 Å². The Morgan fingerprint density at radius 3 is 3.17 bits per heavy atom. The Labute approximate surface area is 146 Å². The second kappa shape index (κ2) is 7.76. The maximum Gasteiger partial charge on any atom is 0.315 e. The molecule has 0 saturated carbocycles. The van der Waals surface area contributed by atoms with Crippen LogP contribution in [-0.4, -0.2) is 44.8 Å². The second-order valence-electron chi connectivity index (χ2n) is 6.04. The number of amides is 2. The van der Waals surface area contributed by atoms with E-state index in [1.54, 1.807) is 6.33 Å². The van der Waals surface area contributed by atoms with Gasteiger partial charge in [-0.05, 0) is 37.3 Å². The molecule has 1 atom stereocenters. The average molecular weight is 348 g/mol. The summed E-state index contributed by atoms with van der Waals surface area (Å²) in [6.45, 7) is 8.02. The third-order valence-corrected chi connectivity index (χ3v) is 5.49. The van der Waals surface area contributed by atoms with Gasteiger partial charge in [0.05, 0.1) is 6.54 Å². The van der Waals surface area contributed by atoms with Gasteiger partial charge in [-0.3, -0.25) is 4.90 Å². The number of hydrogen-bond donors (Lipinski definition) is 2. The summed E-state index contributed by atoms with van der Waals surface area (Å²) in [5.74, 6) is 0.765. The zero-order valence-electron chi connectivity index (χ0n) is 14.2. The quantitative estimate of drug-likeness (QED) is 0.832. The molecule has 24 heavy (non-hydrogen) atoms. The SMILES string of the molecule is CCn1cnnc1CNC(=O)NC[C@H](C)N1CCc2sccc2C1. The highest BCUT2D eigenvalue weighted by atomic mass is 32.1. The first-order valence-corrected chi connectivity index (χ1v) is 9.23. The van der Waals surface area contributed by atoms with Crippen LogP contribution < -0.4 is 10.6 Å². The number of rotatable bonds is 6. The number of nitrogens with zero attached hydrogens (tertiary/aromatic N) is 4. The zero-order chi connectivity index (χ0) is 16.9. The van der Waals surface area contributed by atoms with E-state index in [0.29, 0.717) is 19.1 Å². The summed E-state index contributed by atoms with van der Waals surface area (Å²) in [6, 6.07) is 2.35. The summed E-state index contributed by atoms with van der Waals surface area (Å²) in [5.41, 5.74) is 1.43. The molecule has 130 valence electrons. The summed E-state index contributed by atoms with van der Waals surface area (Å²) < 4.78 is 1.91. The largest absolute Gasteiger partial charge is 0.337 e. The molecule has 8 heteroatoms. The molecule has 2 aromatic heterocycles. The molecule has 2 amide bonds. The highest BCUT2D eigenvalue weighted by Gasteiger charge is 2.21. The first-order valence-electron chi connectivity index (χ1n) is 8.35. The van der Waals surface area contributed by atoms with Crippen LogP contribution in [0.3, 0.4) is 0 Å². The van der Waals surface area contributed by atoms with E-state index in [9.17, 15) is 4.79 Å². The van der Waals surface area contributed by atoms with E-state index < -0.39 is 0 Å². The van der Waals surface area contributed by atoms with Crippen LogP contribution in [0.1, 0.15) is 30.1 Å². The topological polar surface area (TPSA) is 75.1 Å². The lowest BCUT2D eigenvalue weighted by molar-refractivity contribution is 0.186. The van der Waals surface area contributed by atoms with Crippen molar-refractivity contribution in [3.05, 3.63) is 34.0 Å². The van der Waals surface area contributed by atoms with Crippen molar-refractivity contribution in [2.45, 2.75) is 45.9 Å². The van der Waals surface area contributed by atoms with Gasteiger partial charge in [-0.15, -0.1) is 21.5 Å². The average Bonchev–Trinajstić information content (AvgIpc) is 3.25. The maximum atomic E-state index is 12.0. The smallest absolute Gasteiger partial charge is 0.315 e. The number of urea groups is 1. The van der Waals surface area contributed by atoms with E-state index in [2.05, 4.69) is 44.1 Å². The van der Waals surface area contributed by atoms with Gasteiger partial charge in [-0.25, -0.2) is 4.79 Å². The normalized spacial score (nSPS) is 15.8. The molecule has 0 unspecified atom stereocenters.